The Morgan fingerprint density at radius 2 is 1.62 bits per heavy atom. The summed E-state index contributed by atoms with van der Waals surface area (Å²) in [7, 11) is 0. The lowest BCUT2D eigenvalue weighted by Crippen LogP contribution is -2.60. The van der Waals surface area contributed by atoms with Crippen molar-refractivity contribution in [2.24, 2.45) is 0 Å². The highest BCUT2D eigenvalue weighted by Crippen LogP contribution is 2.37. The molecule has 0 amide bonds. The zero-order valence-electron chi connectivity index (χ0n) is 22.0. The highest BCUT2D eigenvalue weighted by atomic mass is 32.1. The minimum absolute atomic E-state index is 0.0316. The molecule has 5 atom stereocenters. The van der Waals surface area contributed by atoms with Crippen molar-refractivity contribution in [1.29, 1.82) is 5.26 Å². The van der Waals surface area contributed by atoms with Crippen LogP contribution in [0.1, 0.15) is 52.1 Å². The van der Waals surface area contributed by atoms with Gasteiger partial charge < -0.3 is 32.7 Å². The summed E-state index contributed by atoms with van der Waals surface area (Å²) in [4.78, 5) is 48.0. The highest BCUT2D eigenvalue weighted by molar-refractivity contribution is 7.71. The number of aryl methyl sites for hydroxylation is 1. The maximum atomic E-state index is 12.2. The molecular formula is C26H28N2O10S. The van der Waals surface area contributed by atoms with E-state index in [0.29, 0.717) is 23.4 Å². The minimum Gasteiger partial charge on any atom is -0.464 e. The molecule has 0 aromatic carbocycles. The highest BCUT2D eigenvalue weighted by Gasteiger charge is 2.53. The third-order valence-electron chi connectivity index (χ3n) is 5.80. The monoisotopic (exact) mass is 560 g/mol. The fraction of sp³-hybridized carbons (Fsp3) is 0.462. The number of rotatable bonds is 8. The molecule has 0 spiro atoms. The number of nitrogens with zero attached hydrogens (tertiary/aromatic N) is 2. The van der Waals surface area contributed by atoms with Gasteiger partial charge in [-0.15, -0.1) is 0 Å². The molecule has 0 aliphatic carbocycles. The van der Waals surface area contributed by atoms with Gasteiger partial charge in [0.25, 0.3) is 0 Å². The average molecular weight is 561 g/mol. The number of pyridine rings is 1. The Balaban J connectivity index is 2.28. The Bertz CT molecular complexity index is 1340. The molecule has 2 aromatic heterocycles. The quantitative estimate of drug-likeness (QED) is 0.264. The summed E-state index contributed by atoms with van der Waals surface area (Å²) >= 11 is 5.72. The third kappa shape index (κ3) is 6.71. The van der Waals surface area contributed by atoms with E-state index in [9.17, 15) is 24.4 Å². The van der Waals surface area contributed by atoms with Gasteiger partial charge in [-0.25, -0.2) is 0 Å². The summed E-state index contributed by atoms with van der Waals surface area (Å²) in [6.45, 7) is 6.05. The van der Waals surface area contributed by atoms with Gasteiger partial charge in [0.05, 0.1) is 11.8 Å². The van der Waals surface area contributed by atoms with Gasteiger partial charge in [-0.05, 0) is 24.6 Å². The maximum absolute atomic E-state index is 12.2. The number of ether oxygens (including phenoxy) is 5. The molecule has 1 aliphatic heterocycles. The molecule has 2 aromatic rings. The number of carbonyl (C=O) groups excluding carboxylic acids is 4. The maximum Gasteiger partial charge on any atom is 0.303 e. The van der Waals surface area contributed by atoms with Crippen molar-refractivity contribution in [3.05, 3.63) is 40.4 Å². The molecule has 0 bridgehead atoms. The Morgan fingerprint density at radius 3 is 2.13 bits per heavy atom. The van der Waals surface area contributed by atoms with Crippen LogP contribution < -0.4 is 0 Å². The second-order valence-corrected chi connectivity index (χ2v) is 9.02. The van der Waals surface area contributed by atoms with E-state index in [-0.39, 0.29) is 10.2 Å². The van der Waals surface area contributed by atoms with Crippen LogP contribution in [0.4, 0.5) is 0 Å². The van der Waals surface area contributed by atoms with E-state index in [2.05, 4.69) is 6.07 Å². The molecule has 13 heteroatoms. The first-order chi connectivity index (χ1) is 18.5. The van der Waals surface area contributed by atoms with Crippen molar-refractivity contribution in [3.63, 3.8) is 0 Å². The molecule has 1 aliphatic rings. The first-order valence-electron chi connectivity index (χ1n) is 12.0. The summed E-state index contributed by atoms with van der Waals surface area (Å²) in [6.07, 6.45) is -4.66. The number of furan rings is 1. The molecule has 208 valence electrons. The van der Waals surface area contributed by atoms with Gasteiger partial charge in [-0.2, -0.15) is 5.26 Å². The van der Waals surface area contributed by atoms with Gasteiger partial charge in [0, 0.05) is 39.0 Å². The van der Waals surface area contributed by atoms with Crippen molar-refractivity contribution < 1.29 is 47.3 Å². The lowest BCUT2D eigenvalue weighted by atomic mass is 9.96. The van der Waals surface area contributed by atoms with Gasteiger partial charge >= 0.3 is 23.9 Å². The third-order valence-corrected chi connectivity index (χ3v) is 6.20. The van der Waals surface area contributed by atoms with E-state index in [0.717, 1.165) is 20.8 Å². The fourth-order valence-electron chi connectivity index (χ4n) is 4.37. The van der Waals surface area contributed by atoms with Gasteiger partial charge in [0.15, 0.2) is 24.5 Å². The summed E-state index contributed by atoms with van der Waals surface area (Å²) in [5.74, 6) is -2.47. The zero-order valence-corrected chi connectivity index (χ0v) is 22.8. The summed E-state index contributed by atoms with van der Waals surface area (Å²) in [5.41, 5.74) is 1.10. The first-order valence-corrected chi connectivity index (χ1v) is 12.4. The number of nitriles is 1. The zero-order chi connectivity index (χ0) is 28.9. The Hall–Kier alpha value is -4.02. The number of hydrogen-bond acceptors (Lipinski definition) is 12. The van der Waals surface area contributed by atoms with E-state index in [1.807, 2.05) is 6.92 Å². The van der Waals surface area contributed by atoms with Crippen molar-refractivity contribution >= 4 is 36.1 Å². The molecule has 3 rings (SSSR count). The second-order valence-electron chi connectivity index (χ2n) is 8.63. The van der Waals surface area contributed by atoms with E-state index >= 15 is 0 Å². The fourth-order valence-corrected chi connectivity index (χ4v) is 4.75. The summed E-state index contributed by atoms with van der Waals surface area (Å²) in [5, 5.41) is 10.0. The molecule has 12 nitrogen and oxygen atoms in total. The van der Waals surface area contributed by atoms with Crippen LogP contribution in [0.2, 0.25) is 0 Å². The van der Waals surface area contributed by atoms with E-state index in [1.165, 1.54) is 17.8 Å². The molecule has 1 saturated heterocycles. The molecule has 0 radical (unpaired) electrons. The van der Waals surface area contributed by atoms with Crippen LogP contribution in [0.5, 0.6) is 0 Å². The van der Waals surface area contributed by atoms with E-state index in [1.54, 1.807) is 18.2 Å². The molecular weight excluding hydrogens is 532 g/mol. The molecule has 39 heavy (non-hydrogen) atoms. The SMILES string of the molecule is CCc1cc(-c2ccco2)c(C#N)c(=S)n1[C@H]1O[C@@H](COC(C)=O)[C@H](OC(C)=O)[C@H](OC(C)=O)[C@@H]1OC(C)=O. The predicted octanol–water partition coefficient (Wildman–Crippen LogP) is 3.17. The summed E-state index contributed by atoms with van der Waals surface area (Å²) in [6, 6.07) is 7.15. The topological polar surface area (TPSA) is 156 Å². The van der Waals surface area contributed by atoms with Crippen molar-refractivity contribution in [2.75, 3.05) is 6.61 Å². The van der Waals surface area contributed by atoms with Gasteiger partial charge in [0.2, 0.25) is 0 Å². The Morgan fingerprint density at radius 1 is 1.00 bits per heavy atom. The van der Waals surface area contributed by atoms with E-state index in [4.69, 9.17) is 40.3 Å². The molecule has 1 fully saturated rings. The molecule has 0 saturated carbocycles. The predicted molar refractivity (Wildman–Crippen MR) is 134 cm³/mol. The van der Waals surface area contributed by atoms with Crippen LogP contribution in [-0.2, 0) is 49.3 Å². The number of aromatic nitrogens is 1. The first kappa shape index (κ1) is 29.5. The normalized spacial score (nSPS) is 22.3. The van der Waals surface area contributed by atoms with Gasteiger partial charge in [-0.3, -0.25) is 19.2 Å². The van der Waals surface area contributed by atoms with Crippen LogP contribution in [0.3, 0.4) is 0 Å². The van der Waals surface area contributed by atoms with Crippen LogP contribution in [0.25, 0.3) is 11.3 Å². The molecule has 3 heterocycles. The van der Waals surface area contributed by atoms with Crippen LogP contribution in [-0.4, -0.2) is 59.5 Å². The average Bonchev–Trinajstić information content (AvgIpc) is 3.39. The van der Waals surface area contributed by atoms with Crippen molar-refractivity contribution in [2.45, 2.75) is 71.7 Å². The largest absolute Gasteiger partial charge is 0.464 e. The van der Waals surface area contributed by atoms with Crippen molar-refractivity contribution in [3.8, 4) is 17.4 Å². The number of esters is 4. The van der Waals surface area contributed by atoms with Crippen molar-refractivity contribution in [1.82, 2.24) is 4.57 Å². The lowest BCUT2D eigenvalue weighted by Gasteiger charge is -2.45. The second kappa shape index (κ2) is 12.7. The Labute approximate surface area is 229 Å². The molecule has 0 unspecified atom stereocenters. The smallest absolute Gasteiger partial charge is 0.303 e. The van der Waals surface area contributed by atoms with E-state index < -0.39 is 61.1 Å². The summed E-state index contributed by atoms with van der Waals surface area (Å²) < 4.78 is 34.9. The van der Waals surface area contributed by atoms with Crippen LogP contribution in [0, 0.1) is 16.0 Å². The Kier molecular flexibility index (Phi) is 9.61. The number of hydrogen-bond donors (Lipinski definition) is 0. The number of carbonyl (C=O) groups is 4. The molecule has 0 N–H and O–H groups in total. The van der Waals surface area contributed by atoms with Crippen LogP contribution >= 0.6 is 12.2 Å². The van der Waals surface area contributed by atoms with Gasteiger partial charge in [0.1, 0.15) is 29.2 Å². The van der Waals surface area contributed by atoms with Gasteiger partial charge in [-0.1, -0.05) is 19.1 Å². The van der Waals surface area contributed by atoms with Crippen LogP contribution in [0.15, 0.2) is 28.9 Å². The minimum atomic E-state index is -1.38. The standard InChI is InChI=1S/C26H28N2O10S/c1-6-17-10-18(20-8-7-9-33-20)19(11-27)26(39)28(17)25-24(37-16(5)32)23(36-15(4)31)22(35-14(3)30)21(38-25)12-34-13(2)29/h7-10,21-25H,6,12H2,1-5H3/t21-,22-,23-,24-,25-/m0/s1. The lowest BCUT2D eigenvalue weighted by molar-refractivity contribution is -0.269.